The quantitative estimate of drug-likeness (QED) is 0.510. The predicted molar refractivity (Wildman–Crippen MR) is 64.2 cm³/mol. The van der Waals surface area contributed by atoms with Gasteiger partial charge in [-0.1, -0.05) is 0 Å². The van der Waals surface area contributed by atoms with Crippen molar-refractivity contribution < 1.29 is 14.9 Å². The number of rotatable bonds is 2. The van der Waals surface area contributed by atoms with Crippen molar-refractivity contribution in [2.75, 3.05) is 12.3 Å². The highest BCUT2D eigenvalue weighted by molar-refractivity contribution is 5.81. The van der Waals surface area contributed by atoms with Gasteiger partial charge >= 0.3 is 5.69 Å². The first-order chi connectivity index (χ1) is 9.10. The summed E-state index contributed by atoms with van der Waals surface area (Å²) in [6.45, 7) is -0.269. The van der Waals surface area contributed by atoms with Crippen molar-refractivity contribution >= 4 is 17.0 Å². The van der Waals surface area contributed by atoms with Gasteiger partial charge in [-0.2, -0.15) is 4.98 Å². The van der Waals surface area contributed by atoms with Gasteiger partial charge in [0.05, 0.1) is 19.0 Å². The third-order valence-electron chi connectivity index (χ3n) is 3.17. The highest BCUT2D eigenvalue weighted by Crippen LogP contribution is 2.31. The minimum Gasteiger partial charge on any atom is -0.394 e. The molecule has 9 nitrogen and oxygen atoms in total. The summed E-state index contributed by atoms with van der Waals surface area (Å²) in [5.41, 5.74) is 5.83. The van der Waals surface area contributed by atoms with Crippen LogP contribution in [0.25, 0.3) is 11.2 Å². The van der Waals surface area contributed by atoms with E-state index in [-0.39, 0.29) is 18.1 Å². The van der Waals surface area contributed by atoms with Gasteiger partial charge in [0.25, 0.3) is 0 Å². The smallest absolute Gasteiger partial charge is 0.348 e. The van der Waals surface area contributed by atoms with Crippen LogP contribution in [0.1, 0.15) is 12.6 Å². The van der Waals surface area contributed by atoms with Crippen LogP contribution in [0, 0.1) is 0 Å². The Kier molecular flexibility index (Phi) is 2.73. The van der Waals surface area contributed by atoms with Gasteiger partial charge in [-0.3, -0.25) is 9.55 Å². The first-order valence-corrected chi connectivity index (χ1v) is 5.77. The molecule has 1 saturated heterocycles. The minimum atomic E-state index is -0.760. The number of aliphatic hydroxyl groups is 2. The summed E-state index contributed by atoms with van der Waals surface area (Å²) >= 11 is 0. The molecule has 1 aliphatic heterocycles. The molecule has 0 aromatic carbocycles. The Morgan fingerprint density at radius 1 is 1.63 bits per heavy atom. The summed E-state index contributed by atoms with van der Waals surface area (Å²) in [5.74, 6) is 0.137. The summed E-state index contributed by atoms with van der Waals surface area (Å²) in [5, 5.41) is 18.8. The van der Waals surface area contributed by atoms with Crippen LogP contribution in [0.3, 0.4) is 0 Å². The van der Waals surface area contributed by atoms with Gasteiger partial charge in [-0.05, 0) is 0 Å². The first kappa shape index (κ1) is 12.1. The third kappa shape index (κ3) is 1.87. The van der Waals surface area contributed by atoms with Gasteiger partial charge in [0.1, 0.15) is 23.7 Å². The number of imidazole rings is 1. The van der Waals surface area contributed by atoms with Gasteiger partial charge in [-0.25, -0.2) is 9.78 Å². The fraction of sp³-hybridized carbons (Fsp3) is 0.500. The summed E-state index contributed by atoms with van der Waals surface area (Å²) in [6.07, 6.45) is -0.163. The molecule has 0 bridgehead atoms. The number of nitrogen functional groups attached to an aromatic ring is 1. The summed E-state index contributed by atoms with van der Waals surface area (Å²) in [4.78, 5) is 21.3. The number of aromatic amines is 1. The molecule has 19 heavy (non-hydrogen) atoms. The molecule has 1 fully saturated rings. The Morgan fingerprint density at radius 2 is 2.42 bits per heavy atom. The molecule has 0 unspecified atom stereocenters. The maximum Gasteiger partial charge on any atom is 0.348 e. The third-order valence-corrected chi connectivity index (χ3v) is 3.17. The molecule has 0 radical (unpaired) electrons. The standard InChI is InChI=1S/C10H13N5O4/c11-8-7-9(14-10(18)13-8)12-3-15(7)6-1-4(17)5(2-16)19-6/h3-6,16-17H,1-2H2,(H3,11,13,14,18)/t4-,5+,6+/m0/s1. The lowest BCUT2D eigenvalue weighted by molar-refractivity contribution is -0.0430. The maximum absolute atomic E-state index is 11.2. The van der Waals surface area contributed by atoms with E-state index in [0.29, 0.717) is 11.9 Å². The average Bonchev–Trinajstić information content (AvgIpc) is 2.92. The zero-order valence-electron chi connectivity index (χ0n) is 9.85. The second kappa shape index (κ2) is 4.30. The van der Waals surface area contributed by atoms with Crippen LogP contribution in [-0.2, 0) is 4.74 Å². The molecule has 0 spiro atoms. The Morgan fingerprint density at radius 3 is 3.11 bits per heavy atom. The van der Waals surface area contributed by atoms with E-state index >= 15 is 0 Å². The van der Waals surface area contributed by atoms with Gasteiger partial charge in [0, 0.05) is 6.42 Å². The van der Waals surface area contributed by atoms with Crippen LogP contribution >= 0.6 is 0 Å². The lowest BCUT2D eigenvalue weighted by Gasteiger charge is -2.14. The molecule has 1 aliphatic rings. The molecule has 2 aromatic rings. The minimum absolute atomic E-state index is 0.137. The number of anilines is 1. The normalized spacial score (nSPS) is 27.2. The molecule has 3 atom stereocenters. The molecule has 0 amide bonds. The summed E-state index contributed by atoms with van der Waals surface area (Å²) < 4.78 is 7.10. The number of aliphatic hydroxyl groups excluding tert-OH is 2. The predicted octanol–water partition coefficient (Wildman–Crippen LogP) is -1.66. The van der Waals surface area contributed by atoms with E-state index in [2.05, 4.69) is 15.0 Å². The van der Waals surface area contributed by atoms with E-state index in [1.165, 1.54) is 6.33 Å². The Bertz CT molecular complexity index is 665. The number of fused-ring (bicyclic) bond motifs is 1. The van der Waals surface area contributed by atoms with Crippen molar-refractivity contribution in [3.8, 4) is 0 Å². The SMILES string of the molecule is Nc1[nH]c(=O)nc2ncn([C@H]3C[C@H](O)[C@@H](CO)O3)c12. The molecule has 2 aromatic heterocycles. The van der Waals surface area contributed by atoms with E-state index in [4.69, 9.17) is 15.6 Å². The van der Waals surface area contributed by atoms with Crippen molar-refractivity contribution in [1.82, 2.24) is 19.5 Å². The Labute approximate surface area is 106 Å². The molecule has 102 valence electrons. The largest absolute Gasteiger partial charge is 0.394 e. The number of hydrogen-bond donors (Lipinski definition) is 4. The van der Waals surface area contributed by atoms with Crippen molar-refractivity contribution in [2.45, 2.75) is 24.9 Å². The van der Waals surface area contributed by atoms with Crippen LogP contribution in [0.4, 0.5) is 5.82 Å². The van der Waals surface area contributed by atoms with Gasteiger partial charge in [0.2, 0.25) is 0 Å². The second-order valence-corrected chi connectivity index (χ2v) is 4.39. The van der Waals surface area contributed by atoms with Crippen molar-refractivity contribution in [3.05, 3.63) is 16.8 Å². The van der Waals surface area contributed by atoms with E-state index in [1.807, 2.05) is 0 Å². The first-order valence-electron chi connectivity index (χ1n) is 5.77. The molecule has 0 saturated carbocycles. The monoisotopic (exact) mass is 267 g/mol. The molecule has 0 aliphatic carbocycles. The molecule has 5 N–H and O–H groups in total. The zero-order valence-corrected chi connectivity index (χ0v) is 9.85. The van der Waals surface area contributed by atoms with Crippen LogP contribution in [0.5, 0.6) is 0 Å². The van der Waals surface area contributed by atoms with Gasteiger partial charge in [-0.15, -0.1) is 0 Å². The molecule has 3 rings (SSSR count). The number of nitrogens with zero attached hydrogens (tertiary/aromatic N) is 3. The zero-order chi connectivity index (χ0) is 13.6. The van der Waals surface area contributed by atoms with Gasteiger partial charge in [0.15, 0.2) is 5.65 Å². The van der Waals surface area contributed by atoms with E-state index in [9.17, 15) is 9.90 Å². The number of hydrogen-bond acceptors (Lipinski definition) is 7. The highest BCUT2D eigenvalue weighted by atomic mass is 16.5. The fourth-order valence-electron chi connectivity index (χ4n) is 2.26. The topological polar surface area (TPSA) is 139 Å². The van der Waals surface area contributed by atoms with Crippen molar-refractivity contribution in [2.24, 2.45) is 0 Å². The van der Waals surface area contributed by atoms with Crippen molar-refractivity contribution in [3.63, 3.8) is 0 Å². The van der Waals surface area contributed by atoms with Crippen molar-refractivity contribution in [1.29, 1.82) is 0 Å². The molecule has 3 heterocycles. The summed E-state index contributed by atoms with van der Waals surface area (Å²) in [6, 6.07) is 0. The Hall–Kier alpha value is -1.97. The van der Waals surface area contributed by atoms with Crippen LogP contribution in [0.15, 0.2) is 11.1 Å². The van der Waals surface area contributed by atoms with Gasteiger partial charge < -0.3 is 20.7 Å². The lowest BCUT2D eigenvalue weighted by atomic mass is 10.2. The summed E-state index contributed by atoms with van der Waals surface area (Å²) in [7, 11) is 0. The number of ether oxygens (including phenoxy) is 1. The van der Waals surface area contributed by atoms with Crippen LogP contribution in [-0.4, -0.2) is 48.5 Å². The molecular weight excluding hydrogens is 254 g/mol. The van der Waals surface area contributed by atoms with E-state index in [0.717, 1.165) is 0 Å². The number of aromatic nitrogens is 4. The van der Waals surface area contributed by atoms with Crippen LogP contribution < -0.4 is 11.4 Å². The van der Waals surface area contributed by atoms with Crippen LogP contribution in [0.2, 0.25) is 0 Å². The lowest BCUT2D eigenvalue weighted by Crippen LogP contribution is -2.24. The number of nitrogens with two attached hydrogens (primary N) is 1. The number of H-pyrrole nitrogens is 1. The Balaban J connectivity index is 2.05. The second-order valence-electron chi connectivity index (χ2n) is 4.39. The molecule has 9 heteroatoms. The highest BCUT2D eigenvalue weighted by Gasteiger charge is 2.35. The van der Waals surface area contributed by atoms with E-state index in [1.54, 1.807) is 4.57 Å². The van der Waals surface area contributed by atoms with E-state index < -0.39 is 24.1 Å². The maximum atomic E-state index is 11.2. The molecular formula is C10H13N5O4. The average molecular weight is 267 g/mol. The fourth-order valence-corrected chi connectivity index (χ4v) is 2.26. The number of nitrogens with one attached hydrogen (secondary N) is 1.